The van der Waals surface area contributed by atoms with Gasteiger partial charge in [-0.25, -0.2) is 22.5 Å². The lowest BCUT2D eigenvalue weighted by molar-refractivity contribution is -0.148. The molecule has 6 nitrogen and oxygen atoms in total. The van der Waals surface area contributed by atoms with Crippen LogP contribution < -0.4 is 4.72 Å². The molecule has 8 rings (SSSR count). The molecule has 37 heavy (non-hydrogen) atoms. The van der Waals surface area contributed by atoms with Crippen molar-refractivity contribution in [1.82, 2.24) is 14.3 Å². The maximum atomic E-state index is 15.0. The van der Waals surface area contributed by atoms with Crippen molar-refractivity contribution in [3.8, 4) is 11.3 Å². The van der Waals surface area contributed by atoms with Crippen molar-refractivity contribution in [2.75, 3.05) is 12.3 Å². The number of rotatable bonds is 8. The highest BCUT2D eigenvalue weighted by Gasteiger charge is 2.58. The van der Waals surface area contributed by atoms with Crippen LogP contribution in [0.5, 0.6) is 0 Å². The topological polar surface area (TPSA) is 84.2 Å². The number of aliphatic hydroxyl groups is 1. The lowest BCUT2D eigenvalue weighted by atomic mass is 9.44. The van der Waals surface area contributed by atoms with Crippen LogP contribution in [0.1, 0.15) is 75.8 Å². The monoisotopic (exact) mass is 527 g/mol. The van der Waals surface area contributed by atoms with E-state index in [4.69, 9.17) is 0 Å². The number of aromatic nitrogens is 2. The lowest BCUT2D eigenvalue weighted by Crippen LogP contribution is -2.57. The van der Waals surface area contributed by atoms with E-state index in [0.717, 1.165) is 69.0 Å². The Morgan fingerprint density at radius 2 is 1.92 bits per heavy atom. The molecule has 1 aliphatic heterocycles. The zero-order chi connectivity index (χ0) is 25.4. The molecule has 4 bridgehead atoms. The fraction of sp³-hybridized carbons (Fsp3) is 0.690. The summed E-state index contributed by atoms with van der Waals surface area (Å²) < 4.78 is 45.6. The molecule has 200 valence electrons. The molecule has 5 saturated carbocycles. The molecule has 0 radical (unpaired) electrons. The minimum atomic E-state index is -3.24. The van der Waals surface area contributed by atoms with Crippen molar-refractivity contribution in [1.29, 1.82) is 0 Å². The lowest BCUT2D eigenvalue weighted by Gasteiger charge is -2.61. The van der Waals surface area contributed by atoms with Gasteiger partial charge in [0.05, 0.1) is 36.1 Å². The van der Waals surface area contributed by atoms with E-state index in [-0.39, 0.29) is 23.0 Å². The number of nitrogens with zero attached hydrogens (tertiary/aromatic N) is 2. The quantitative estimate of drug-likeness (QED) is 0.512. The largest absolute Gasteiger partial charge is 0.392 e. The summed E-state index contributed by atoms with van der Waals surface area (Å²) in [4.78, 5) is 4.31. The minimum absolute atomic E-state index is 0.148. The molecule has 4 unspecified atom stereocenters. The SMILES string of the molecule is O=S(=O)(CC1CCCC1)NCC1C2CC3CC1CC(C(O)CC1c4c(F)cccc4-c4cncn41)(C3)C2. The van der Waals surface area contributed by atoms with Crippen LogP contribution in [0.3, 0.4) is 0 Å². The zero-order valence-corrected chi connectivity index (χ0v) is 22.2. The van der Waals surface area contributed by atoms with E-state index >= 15 is 0 Å². The number of halogens is 1. The smallest absolute Gasteiger partial charge is 0.211 e. The molecular formula is C29H38FN3O3S. The highest BCUT2D eigenvalue weighted by molar-refractivity contribution is 7.89. The first-order valence-corrected chi connectivity index (χ1v) is 15.9. The third-order valence-corrected chi connectivity index (χ3v) is 12.3. The number of hydrogen-bond acceptors (Lipinski definition) is 4. The number of hydrogen-bond donors (Lipinski definition) is 2. The molecule has 0 saturated heterocycles. The van der Waals surface area contributed by atoms with E-state index in [9.17, 15) is 17.9 Å². The van der Waals surface area contributed by atoms with Crippen molar-refractivity contribution in [3.05, 3.63) is 42.1 Å². The second-order valence-electron chi connectivity index (χ2n) is 12.9. The molecule has 1 aromatic carbocycles. The van der Waals surface area contributed by atoms with Crippen LogP contribution in [0.2, 0.25) is 0 Å². The van der Waals surface area contributed by atoms with E-state index in [1.54, 1.807) is 18.6 Å². The van der Waals surface area contributed by atoms with Crippen molar-refractivity contribution >= 4 is 10.0 Å². The van der Waals surface area contributed by atoms with Crippen LogP contribution >= 0.6 is 0 Å². The van der Waals surface area contributed by atoms with E-state index in [2.05, 4.69) is 9.71 Å². The van der Waals surface area contributed by atoms with Crippen molar-refractivity contribution in [2.24, 2.45) is 35.0 Å². The predicted molar refractivity (Wildman–Crippen MR) is 140 cm³/mol. The highest BCUT2D eigenvalue weighted by atomic mass is 32.2. The van der Waals surface area contributed by atoms with Gasteiger partial charge >= 0.3 is 0 Å². The second kappa shape index (κ2) is 8.88. The zero-order valence-electron chi connectivity index (χ0n) is 21.4. The van der Waals surface area contributed by atoms with Gasteiger partial charge in [-0.05, 0) is 92.4 Å². The maximum absolute atomic E-state index is 15.0. The summed E-state index contributed by atoms with van der Waals surface area (Å²) >= 11 is 0. The van der Waals surface area contributed by atoms with Gasteiger partial charge in [-0.2, -0.15) is 0 Å². The number of nitrogens with one attached hydrogen (secondary N) is 1. The van der Waals surface area contributed by atoms with Gasteiger partial charge in [-0.3, -0.25) is 0 Å². The second-order valence-corrected chi connectivity index (χ2v) is 14.8. The van der Waals surface area contributed by atoms with Gasteiger partial charge in [0.15, 0.2) is 0 Å². The summed E-state index contributed by atoms with van der Waals surface area (Å²) in [6.07, 6.45) is 13.1. The number of sulfonamides is 1. The number of fused-ring (bicyclic) bond motifs is 3. The number of benzene rings is 1. The molecule has 0 amide bonds. The van der Waals surface area contributed by atoms with Gasteiger partial charge in [0.2, 0.25) is 10.0 Å². The Hall–Kier alpha value is -1.77. The van der Waals surface area contributed by atoms with Crippen LogP contribution in [0.15, 0.2) is 30.7 Å². The van der Waals surface area contributed by atoms with Crippen LogP contribution in [0.4, 0.5) is 4.39 Å². The van der Waals surface area contributed by atoms with Crippen LogP contribution in [-0.2, 0) is 10.0 Å². The summed E-state index contributed by atoms with van der Waals surface area (Å²) in [7, 11) is -3.24. The molecule has 2 heterocycles. The summed E-state index contributed by atoms with van der Waals surface area (Å²) in [5.74, 6) is 2.24. The first kappa shape index (κ1) is 24.3. The molecular weight excluding hydrogens is 489 g/mol. The van der Waals surface area contributed by atoms with Gasteiger partial charge < -0.3 is 9.67 Å². The van der Waals surface area contributed by atoms with Gasteiger partial charge in [-0.15, -0.1) is 0 Å². The number of imidazole rings is 1. The molecule has 2 N–H and O–H groups in total. The minimum Gasteiger partial charge on any atom is -0.392 e. The maximum Gasteiger partial charge on any atom is 0.211 e. The molecule has 4 atom stereocenters. The predicted octanol–water partition coefficient (Wildman–Crippen LogP) is 4.90. The highest BCUT2D eigenvalue weighted by Crippen LogP contribution is 2.64. The van der Waals surface area contributed by atoms with Gasteiger partial charge in [0.1, 0.15) is 5.82 Å². The molecule has 5 fully saturated rings. The Bertz CT molecular complexity index is 1270. The summed E-state index contributed by atoms with van der Waals surface area (Å²) in [5, 5.41) is 11.8. The summed E-state index contributed by atoms with van der Waals surface area (Å²) in [6, 6.07) is 4.96. The molecule has 0 spiro atoms. The molecule has 8 heteroatoms. The van der Waals surface area contributed by atoms with E-state index in [0.29, 0.717) is 48.1 Å². The third kappa shape index (κ3) is 4.09. The van der Waals surface area contributed by atoms with Crippen LogP contribution in [0, 0.1) is 40.8 Å². The molecule has 1 aromatic heterocycles. The van der Waals surface area contributed by atoms with Gasteiger partial charge in [-0.1, -0.05) is 25.0 Å². The van der Waals surface area contributed by atoms with Gasteiger partial charge in [0, 0.05) is 17.7 Å². The Labute approximate surface area is 219 Å². The van der Waals surface area contributed by atoms with E-state index < -0.39 is 16.1 Å². The van der Waals surface area contributed by atoms with Crippen LogP contribution in [-0.4, -0.2) is 41.5 Å². The molecule has 5 aliphatic carbocycles. The van der Waals surface area contributed by atoms with E-state index in [1.165, 1.54) is 6.07 Å². The average Bonchev–Trinajstić information content (AvgIpc) is 3.58. The first-order valence-electron chi connectivity index (χ1n) is 14.3. The average molecular weight is 528 g/mol. The van der Waals surface area contributed by atoms with Crippen molar-refractivity contribution < 1.29 is 17.9 Å². The first-order chi connectivity index (χ1) is 17.8. The normalized spacial score (nSPS) is 35.1. The standard InChI is InChI=1S/C29H38FN3O3S/c30-24-7-3-6-22-26-15-31-17-33(26)25(28(22)24)10-27(34)29-11-19-8-20(12-29)23(21(9-19)13-29)14-32-37(35,36)16-18-4-1-2-5-18/h3,6-7,15,17-21,23,25,27,32,34H,1-2,4-5,8-14,16H2. The van der Waals surface area contributed by atoms with Gasteiger partial charge in [0.25, 0.3) is 0 Å². The Morgan fingerprint density at radius 3 is 2.68 bits per heavy atom. The Morgan fingerprint density at radius 1 is 1.16 bits per heavy atom. The number of aliphatic hydroxyl groups excluding tert-OH is 1. The Balaban J connectivity index is 1.06. The summed E-state index contributed by atoms with van der Waals surface area (Å²) in [6.45, 7) is 0.545. The van der Waals surface area contributed by atoms with Crippen molar-refractivity contribution in [3.63, 3.8) is 0 Å². The fourth-order valence-corrected chi connectivity index (χ4v) is 10.9. The fourth-order valence-electron chi connectivity index (χ4n) is 9.40. The van der Waals surface area contributed by atoms with Crippen LogP contribution in [0.25, 0.3) is 11.3 Å². The molecule has 2 aromatic rings. The van der Waals surface area contributed by atoms with Crippen molar-refractivity contribution in [2.45, 2.75) is 76.4 Å². The molecule has 6 aliphatic rings. The van der Waals surface area contributed by atoms with E-state index in [1.807, 2.05) is 10.6 Å². The third-order valence-electron chi connectivity index (χ3n) is 10.8. The Kier molecular flexibility index (Phi) is 5.83. The summed E-state index contributed by atoms with van der Waals surface area (Å²) in [5.41, 5.74) is 2.33.